The Hall–Kier alpha value is -2.73. The van der Waals surface area contributed by atoms with Gasteiger partial charge in [0, 0.05) is 17.9 Å². The van der Waals surface area contributed by atoms with Crippen LogP contribution in [0.25, 0.3) is 11.3 Å². The minimum absolute atomic E-state index is 0.206. The fourth-order valence-electron chi connectivity index (χ4n) is 2.31. The van der Waals surface area contributed by atoms with E-state index in [1.165, 1.54) is 23.9 Å². The number of benzene rings is 2. The van der Waals surface area contributed by atoms with Gasteiger partial charge < -0.3 is 0 Å². The second-order valence-corrected chi connectivity index (χ2v) is 6.26. The molecule has 0 saturated heterocycles. The van der Waals surface area contributed by atoms with Gasteiger partial charge in [-0.05, 0) is 17.7 Å². The highest BCUT2D eigenvalue weighted by Gasteiger charge is 2.13. The molecule has 0 spiro atoms. The van der Waals surface area contributed by atoms with Gasteiger partial charge in [-0.25, -0.2) is 4.39 Å². The maximum atomic E-state index is 13.0. The fraction of sp³-hybridized carbons (Fsp3) is 0.105. The van der Waals surface area contributed by atoms with E-state index >= 15 is 0 Å². The number of halogens is 1. The second kappa shape index (κ2) is 7.90. The van der Waals surface area contributed by atoms with Gasteiger partial charge in [-0.15, -0.1) is 16.8 Å². The molecule has 0 saturated carbocycles. The van der Waals surface area contributed by atoms with Crippen molar-refractivity contribution in [1.82, 2.24) is 14.8 Å². The maximum absolute atomic E-state index is 13.0. The van der Waals surface area contributed by atoms with E-state index in [1.54, 1.807) is 22.8 Å². The normalized spacial score (nSPS) is 10.6. The predicted octanol–water partition coefficient (Wildman–Crippen LogP) is 3.92. The fourth-order valence-corrected chi connectivity index (χ4v) is 3.21. The molecule has 1 aromatic heterocycles. The summed E-state index contributed by atoms with van der Waals surface area (Å²) in [5.74, 6) is 0.292. The summed E-state index contributed by atoms with van der Waals surface area (Å²) in [5.41, 5.74) is 1.78. The quantitative estimate of drug-likeness (QED) is 0.498. The van der Waals surface area contributed by atoms with E-state index in [9.17, 15) is 9.18 Å². The molecule has 25 heavy (non-hydrogen) atoms. The molecule has 0 amide bonds. The molecule has 126 valence electrons. The van der Waals surface area contributed by atoms with E-state index in [4.69, 9.17) is 0 Å². The first-order valence-corrected chi connectivity index (χ1v) is 8.68. The first-order chi connectivity index (χ1) is 12.2. The van der Waals surface area contributed by atoms with Gasteiger partial charge >= 0.3 is 0 Å². The van der Waals surface area contributed by atoms with Crippen LogP contribution in [0.1, 0.15) is 5.56 Å². The van der Waals surface area contributed by atoms with Gasteiger partial charge in [-0.1, -0.05) is 60.3 Å². The lowest BCUT2D eigenvalue weighted by molar-refractivity contribution is 0.624. The predicted molar refractivity (Wildman–Crippen MR) is 97.9 cm³/mol. The minimum Gasteiger partial charge on any atom is -0.280 e. The molecule has 0 N–H and O–H groups in total. The molecule has 0 bridgehead atoms. The zero-order valence-electron chi connectivity index (χ0n) is 13.4. The summed E-state index contributed by atoms with van der Waals surface area (Å²) in [6.45, 7) is 4.06. The zero-order chi connectivity index (χ0) is 17.6. The van der Waals surface area contributed by atoms with Crippen molar-refractivity contribution in [3.63, 3.8) is 0 Å². The monoisotopic (exact) mass is 353 g/mol. The number of aromatic nitrogens is 3. The van der Waals surface area contributed by atoms with Crippen molar-refractivity contribution in [3.8, 4) is 11.3 Å². The molecule has 2 aromatic carbocycles. The molecule has 3 rings (SSSR count). The largest absolute Gasteiger partial charge is 0.281 e. The van der Waals surface area contributed by atoms with Crippen LogP contribution in [-0.4, -0.2) is 14.8 Å². The van der Waals surface area contributed by atoms with Gasteiger partial charge in [0.05, 0.1) is 0 Å². The van der Waals surface area contributed by atoms with E-state index in [2.05, 4.69) is 16.8 Å². The Morgan fingerprint density at radius 2 is 1.80 bits per heavy atom. The molecular weight excluding hydrogens is 337 g/mol. The number of thioether (sulfide) groups is 1. The van der Waals surface area contributed by atoms with Crippen LogP contribution in [0.4, 0.5) is 4.39 Å². The Bertz CT molecular complexity index is 924. The van der Waals surface area contributed by atoms with Crippen LogP contribution in [0.5, 0.6) is 0 Å². The van der Waals surface area contributed by atoms with Crippen molar-refractivity contribution in [2.24, 2.45) is 0 Å². The van der Waals surface area contributed by atoms with Crippen LogP contribution in [0.3, 0.4) is 0 Å². The molecule has 3 aromatic rings. The van der Waals surface area contributed by atoms with E-state index in [1.807, 2.05) is 30.3 Å². The molecule has 0 radical (unpaired) electrons. The van der Waals surface area contributed by atoms with Crippen LogP contribution >= 0.6 is 11.8 Å². The Labute approximate surface area is 149 Å². The summed E-state index contributed by atoms with van der Waals surface area (Å²) < 4.78 is 14.5. The Balaban J connectivity index is 1.91. The summed E-state index contributed by atoms with van der Waals surface area (Å²) in [5, 5.41) is 8.85. The van der Waals surface area contributed by atoms with Gasteiger partial charge in [0.1, 0.15) is 5.82 Å². The smallest absolute Gasteiger partial charge is 0.280 e. The number of rotatable bonds is 6. The molecule has 0 unspecified atom stereocenters. The average molecular weight is 353 g/mol. The molecule has 1 heterocycles. The second-order valence-electron chi connectivity index (χ2n) is 5.32. The SMILES string of the molecule is C=CCn1c(SCc2ccc(F)cc2)nnc(-c2ccccc2)c1=O. The molecule has 4 nitrogen and oxygen atoms in total. The number of allylic oxidation sites excluding steroid dienone is 1. The van der Waals surface area contributed by atoms with Crippen LogP contribution in [0.2, 0.25) is 0 Å². The third-order valence-corrected chi connectivity index (χ3v) is 4.59. The van der Waals surface area contributed by atoms with Gasteiger partial charge in [-0.2, -0.15) is 0 Å². The van der Waals surface area contributed by atoms with Crippen molar-refractivity contribution in [3.05, 3.63) is 89.0 Å². The van der Waals surface area contributed by atoms with Crippen LogP contribution in [0.15, 0.2) is 77.2 Å². The molecule has 0 fully saturated rings. The molecular formula is C19H16FN3OS. The zero-order valence-corrected chi connectivity index (χ0v) is 14.2. The van der Waals surface area contributed by atoms with Crippen molar-refractivity contribution in [1.29, 1.82) is 0 Å². The summed E-state index contributed by atoms with van der Waals surface area (Å²) in [6, 6.07) is 15.5. The molecule has 0 atom stereocenters. The topological polar surface area (TPSA) is 47.8 Å². The third kappa shape index (κ3) is 4.03. The molecule has 0 aliphatic rings. The molecule has 6 heteroatoms. The lowest BCUT2D eigenvalue weighted by Gasteiger charge is -2.10. The number of hydrogen-bond acceptors (Lipinski definition) is 4. The van der Waals surface area contributed by atoms with E-state index in [0.717, 1.165) is 11.1 Å². The average Bonchev–Trinajstić information content (AvgIpc) is 2.64. The highest BCUT2D eigenvalue weighted by Crippen LogP contribution is 2.21. The van der Waals surface area contributed by atoms with Crippen LogP contribution in [-0.2, 0) is 12.3 Å². The van der Waals surface area contributed by atoms with Gasteiger partial charge in [0.2, 0.25) is 0 Å². The Morgan fingerprint density at radius 3 is 2.48 bits per heavy atom. The van der Waals surface area contributed by atoms with Gasteiger partial charge in [0.25, 0.3) is 5.56 Å². The standard InChI is InChI=1S/C19H16FN3OS/c1-2-12-23-18(24)17(15-6-4-3-5-7-15)21-22-19(23)25-13-14-8-10-16(20)11-9-14/h2-11H,1,12-13H2. The van der Waals surface area contributed by atoms with Crippen molar-refractivity contribution >= 4 is 11.8 Å². The molecule has 0 aliphatic carbocycles. The highest BCUT2D eigenvalue weighted by atomic mass is 32.2. The highest BCUT2D eigenvalue weighted by molar-refractivity contribution is 7.98. The van der Waals surface area contributed by atoms with Crippen LogP contribution in [0, 0.1) is 5.82 Å². The van der Waals surface area contributed by atoms with E-state index < -0.39 is 0 Å². The van der Waals surface area contributed by atoms with Gasteiger partial charge in [-0.3, -0.25) is 9.36 Å². The minimum atomic E-state index is -0.274. The lowest BCUT2D eigenvalue weighted by atomic mass is 10.2. The summed E-state index contributed by atoms with van der Waals surface area (Å²) >= 11 is 1.38. The van der Waals surface area contributed by atoms with Crippen molar-refractivity contribution < 1.29 is 4.39 Å². The Kier molecular flexibility index (Phi) is 5.40. The first kappa shape index (κ1) is 17.1. The van der Waals surface area contributed by atoms with Gasteiger partial charge in [0.15, 0.2) is 10.9 Å². The van der Waals surface area contributed by atoms with Crippen LogP contribution < -0.4 is 5.56 Å². The Morgan fingerprint density at radius 1 is 1.08 bits per heavy atom. The first-order valence-electron chi connectivity index (χ1n) is 7.70. The summed E-state index contributed by atoms with van der Waals surface area (Å²) in [4.78, 5) is 12.8. The summed E-state index contributed by atoms with van der Waals surface area (Å²) in [7, 11) is 0. The third-order valence-electron chi connectivity index (χ3n) is 3.55. The lowest BCUT2D eigenvalue weighted by Crippen LogP contribution is -2.25. The van der Waals surface area contributed by atoms with E-state index in [0.29, 0.717) is 23.1 Å². The van der Waals surface area contributed by atoms with Crippen molar-refractivity contribution in [2.45, 2.75) is 17.5 Å². The molecule has 0 aliphatic heterocycles. The number of hydrogen-bond donors (Lipinski definition) is 0. The van der Waals surface area contributed by atoms with E-state index in [-0.39, 0.29) is 11.4 Å². The van der Waals surface area contributed by atoms with Crippen molar-refractivity contribution in [2.75, 3.05) is 0 Å². The number of nitrogens with zero attached hydrogens (tertiary/aromatic N) is 3. The maximum Gasteiger partial charge on any atom is 0.281 e. The summed E-state index contributed by atoms with van der Waals surface area (Å²) in [6.07, 6.45) is 1.65.